The molecule has 0 bridgehead atoms. The van der Waals surface area contributed by atoms with E-state index in [1.807, 2.05) is 6.07 Å². The van der Waals surface area contributed by atoms with Crippen molar-refractivity contribution in [3.63, 3.8) is 0 Å². The fourth-order valence-corrected chi connectivity index (χ4v) is 0.832. The molecule has 0 spiro atoms. The number of hydrogen-bond acceptors (Lipinski definition) is 3. The normalized spacial score (nSPS) is 10.4. The smallest absolute Gasteiger partial charge is 0.246 e. The molecule has 0 radical (unpaired) electrons. The lowest BCUT2D eigenvalue weighted by atomic mass is 10.2. The van der Waals surface area contributed by atoms with Crippen molar-refractivity contribution in [2.75, 3.05) is 19.8 Å². The van der Waals surface area contributed by atoms with Crippen LogP contribution in [0, 0.1) is 0 Å². The highest BCUT2D eigenvalue weighted by Crippen LogP contribution is 2.03. The molecule has 1 rings (SSSR count). The number of carbonyl (C=O) groups excluding carboxylic acids is 1. The summed E-state index contributed by atoms with van der Waals surface area (Å²) in [6, 6.07) is 3.50. The van der Waals surface area contributed by atoms with Gasteiger partial charge in [0.25, 0.3) is 0 Å². The van der Waals surface area contributed by atoms with Gasteiger partial charge in [0.05, 0.1) is 0 Å². The van der Waals surface area contributed by atoms with Crippen molar-refractivity contribution in [3.8, 4) is 0 Å². The summed E-state index contributed by atoms with van der Waals surface area (Å²) in [6.07, 6.45) is 4.82. The van der Waals surface area contributed by atoms with Crippen LogP contribution >= 0.6 is 0 Å². The Kier molecular flexibility index (Phi) is 3.23. The van der Waals surface area contributed by atoms with Crippen LogP contribution in [0.1, 0.15) is 5.56 Å². The molecule has 0 saturated carbocycles. The Labute approximate surface area is 83.0 Å². The van der Waals surface area contributed by atoms with Gasteiger partial charge in [0.1, 0.15) is 5.82 Å². The molecule has 1 amide bonds. The molecule has 74 valence electrons. The zero-order chi connectivity index (χ0) is 10.6. The number of carbonyl (C=O) groups is 1. The highest BCUT2D eigenvalue weighted by molar-refractivity contribution is 5.91. The van der Waals surface area contributed by atoms with Crippen LogP contribution < -0.4 is 5.73 Å². The number of pyridine rings is 1. The van der Waals surface area contributed by atoms with Gasteiger partial charge in [-0.05, 0) is 23.8 Å². The summed E-state index contributed by atoms with van der Waals surface area (Å²) in [4.78, 5) is 16.6. The van der Waals surface area contributed by atoms with Crippen molar-refractivity contribution >= 4 is 17.8 Å². The third-order valence-electron chi connectivity index (χ3n) is 1.67. The number of likely N-dealkylation sites (N-methyl/N-ethyl adjacent to an activating group) is 1. The standard InChI is InChI=1S/C10H13N3O/c1-13(2)10(14)6-4-8-3-5-9(11)12-7-8/h3-7H,1-2H3,(H2,11,12)/b6-4+. The highest BCUT2D eigenvalue weighted by atomic mass is 16.2. The molecule has 1 aromatic rings. The summed E-state index contributed by atoms with van der Waals surface area (Å²) in [6.45, 7) is 0. The Balaban J connectivity index is 2.69. The van der Waals surface area contributed by atoms with E-state index in [4.69, 9.17) is 5.73 Å². The number of amides is 1. The van der Waals surface area contributed by atoms with Crippen molar-refractivity contribution < 1.29 is 4.79 Å². The maximum absolute atomic E-state index is 11.2. The zero-order valence-corrected chi connectivity index (χ0v) is 8.27. The molecule has 4 nitrogen and oxygen atoms in total. The van der Waals surface area contributed by atoms with E-state index in [-0.39, 0.29) is 5.91 Å². The third-order valence-corrected chi connectivity index (χ3v) is 1.67. The van der Waals surface area contributed by atoms with E-state index in [0.29, 0.717) is 5.82 Å². The summed E-state index contributed by atoms with van der Waals surface area (Å²) in [5.41, 5.74) is 6.28. The van der Waals surface area contributed by atoms with Crippen LogP contribution in [0.5, 0.6) is 0 Å². The van der Waals surface area contributed by atoms with Crippen LogP contribution in [0.2, 0.25) is 0 Å². The van der Waals surface area contributed by atoms with Crippen molar-refractivity contribution in [1.82, 2.24) is 9.88 Å². The quantitative estimate of drug-likeness (QED) is 0.702. The molecule has 0 aliphatic heterocycles. The number of nitrogens with zero attached hydrogens (tertiary/aromatic N) is 2. The molecular weight excluding hydrogens is 178 g/mol. The molecule has 0 unspecified atom stereocenters. The number of nitrogen functional groups attached to an aromatic ring is 1. The van der Waals surface area contributed by atoms with E-state index < -0.39 is 0 Å². The van der Waals surface area contributed by atoms with E-state index in [1.165, 1.54) is 11.0 Å². The molecule has 0 atom stereocenters. The minimum atomic E-state index is -0.0539. The molecule has 0 fully saturated rings. The predicted octanol–water partition coefficient (Wildman–Crippen LogP) is 0.765. The lowest BCUT2D eigenvalue weighted by Crippen LogP contribution is -2.18. The zero-order valence-electron chi connectivity index (χ0n) is 8.27. The largest absolute Gasteiger partial charge is 0.384 e. The van der Waals surface area contributed by atoms with Gasteiger partial charge in [-0.2, -0.15) is 0 Å². The van der Waals surface area contributed by atoms with Gasteiger partial charge in [-0.15, -0.1) is 0 Å². The minimum absolute atomic E-state index is 0.0539. The van der Waals surface area contributed by atoms with E-state index in [1.54, 1.807) is 32.4 Å². The summed E-state index contributed by atoms with van der Waals surface area (Å²) in [5, 5.41) is 0. The molecule has 14 heavy (non-hydrogen) atoms. The van der Waals surface area contributed by atoms with Gasteiger partial charge < -0.3 is 10.6 Å². The summed E-state index contributed by atoms with van der Waals surface area (Å²) in [7, 11) is 3.40. The van der Waals surface area contributed by atoms with Crippen LogP contribution in [-0.2, 0) is 4.79 Å². The fraction of sp³-hybridized carbons (Fsp3) is 0.200. The maximum Gasteiger partial charge on any atom is 0.246 e. The maximum atomic E-state index is 11.2. The van der Waals surface area contributed by atoms with Crippen LogP contribution in [0.25, 0.3) is 6.08 Å². The van der Waals surface area contributed by atoms with Crippen molar-refractivity contribution in [1.29, 1.82) is 0 Å². The van der Waals surface area contributed by atoms with Crippen molar-refractivity contribution in [2.45, 2.75) is 0 Å². The molecule has 0 saturated heterocycles. The third kappa shape index (κ3) is 2.90. The van der Waals surface area contributed by atoms with Crippen molar-refractivity contribution in [3.05, 3.63) is 30.0 Å². The molecule has 0 aliphatic rings. The molecule has 0 aliphatic carbocycles. The molecule has 1 aromatic heterocycles. The SMILES string of the molecule is CN(C)C(=O)/C=C/c1ccc(N)nc1. The average Bonchev–Trinajstić information content (AvgIpc) is 2.16. The Morgan fingerprint density at radius 1 is 1.50 bits per heavy atom. The predicted molar refractivity (Wildman–Crippen MR) is 56.4 cm³/mol. The topological polar surface area (TPSA) is 59.2 Å². The summed E-state index contributed by atoms with van der Waals surface area (Å²) in [5.74, 6) is 0.419. The number of hydrogen-bond donors (Lipinski definition) is 1. The second-order valence-electron chi connectivity index (χ2n) is 3.08. The Morgan fingerprint density at radius 2 is 2.21 bits per heavy atom. The fourth-order valence-electron chi connectivity index (χ4n) is 0.832. The van der Waals surface area contributed by atoms with E-state index in [0.717, 1.165) is 5.56 Å². The molecule has 1 heterocycles. The van der Waals surface area contributed by atoms with Crippen LogP contribution in [0.15, 0.2) is 24.4 Å². The Hall–Kier alpha value is -1.84. The lowest BCUT2D eigenvalue weighted by Gasteiger charge is -2.04. The van der Waals surface area contributed by atoms with Gasteiger partial charge >= 0.3 is 0 Å². The number of rotatable bonds is 2. The number of aromatic nitrogens is 1. The summed E-state index contributed by atoms with van der Waals surface area (Å²) < 4.78 is 0. The van der Waals surface area contributed by atoms with Gasteiger partial charge in [-0.1, -0.05) is 0 Å². The van der Waals surface area contributed by atoms with Gasteiger partial charge in [-0.25, -0.2) is 4.98 Å². The van der Waals surface area contributed by atoms with Gasteiger partial charge in [0.15, 0.2) is 0 Å². The highest BCUT2D eigenvalue weighted by Gasteiger charge is 1.96. The van der Waals surface area contributed by atoms with Crippen LogP contribution in [-0.4, -0.2) is 29.9 Å². The molecular formula is C10H13N3O. The van der Waals surface area contributed by atoms with Crippen LogP contribution in [0.4, 0.5) is 5.82 Å². The van der Waals surface area contributed by atoms with Crippen LogP contribution in [0.3, 0.4) is 0 Å². The minimum Gasteiger partial charge on any atom is -0.384 e. The monoisotopic (exact) mass is 191 g/mol. The van der Waals surface area contributed by atoms with Crippen molar-refractivity contribution in [2.24, 2.45) is 0 Å². The van der Waals surface area contributed by atoms with Gasteiger partial charge in [0.2, 0.25) is 5.91 Å². The first-order valence-electron chi connectivity index (χ1n) is 4.20. The van der Waals surface area contributed by atoms with E-state index in [9.17, 15) is 4.79 Å². The summed E-state index contributed by atoms with van der Waals surface area (Å²) >= 11 is 0. The first-order chi connectivity index (χ1) is 6.59. The number of anilines is 1. The number of nitrogens with two attached hydrogens (primary N) is 1. The molecule has 4 heteroatoms. The van der Waals surface area contributed by atoms with E-state index in [2.05, 4.69) is 4.98 Å². The first-order valence-corrected chi connectivity index (χ1v) is 4.20. The first kappa shape index (κ1) is 10.2. The van der Waals surface area contributed by atoms with Gasteiger partial charge in [-0.3, -0.25) is 4.79 Å². The van der Waals surface area contributed by atoms with Gasteiger partial charge in [0, 0.05) is 26.4 Å². The lowest BCUT2D eigenvalue weighted by molar-refractivity contribution is -0.123. The average molecular weight is 191 g/mol. The Morgan fingerprint density at radius 3 is 2.71 bits per heavy atom. The molecule has 0 aromatic carbocycles. The van der Waals surface area contributed by atoms with E-state index >= 15 is 0 Å². The second kappa shape index (κ2) is 4.41. The molecule has 2 N–H and O–H groups in total. The second-order valence-corrected chi connectivity index (χ2v) is 3.08. The Bertz CT molecular complexity index is 341.